The van der Waals surface area contributed by atoms with Gasteiger partial charge in [-0.1, -0.05) is 19.9 Å². The summed E-state index contributed by atoms with van der Waals surface area (Å²) in [6.45, 7) is 3.31. The first-order valence-corrected chi connectivity index (χ1v) is 5.74. The van der Waals surface area contributed by atoms with Crippen LogP contribution in [0.5, 0.6) is 5.75 Å². The fourth-order valence-corrected chi connectivity index (χ4v) is 1.58. The van der Waals surface area contributed by atoms with Crippen LogP contribution in [0.4, 0.5) is 4.39 Å². The summed E-state index contributed by atoms with van der Waals surface area (Å²) >= 11 is 0. The molecule has 1 rings (SSSR count). The molecule has 0 saturated heterocycles. The van der Waals surface area contributed by atoms with Crippen molar-refractivity contribution in [2.45, 2.75) is 19.9 Å². The number of rotatable bonds is 5. The Morgan fingerprint density at radius 3 is 2.47 bits per heavy atom. The third-order valence-electron chi connectivity index (χ3n) is 2.65. The molecule has 0 heterocycles. The fraction of sp³-hybridized carbons (Fsp3) is 0.385. The summed E-state index contributed by atoms with van der Waals surface area (Å²) in [6.07, 6.45) is 0. The first kappa shape index (κ1) is 14.9. The largest absolute Gasteiger partial charge is 0.494 e. The second kappa shape index (κ2) is 6.17. The standard InChI is InChI=1S/C13H16FNO4/c1-7(2)11(13(17)18)15-12(16)8-5-4-6-9(19-3)10(8)14/h4-7,11H,1-3H3,(H,15,16)(H,17,18)/t11-/m1/s1. The zero-order chi connectivity index (χ0) is 14.6. The van der Waals surface area contributed by atoms with Crippen molar-refractivity contribution >= 4 is 11.9 Å². The van der Waals surface area contributed by atoms with Crippen molar-refractivity contribution in [1.82, 2.24) is 5.32 Å². The molecular weight excluding hydrogens is 253 g/mol. The first-order chi connectivity index (χ1) is 8.88. The zero-order valence-corrected chi connectivity index (χ0v) is 10.9. The molecule has 0 saturated carbocycles. The van der Waals surface area contributed by atoms with Crippen LogP contribution in [0.3, 0.4) is 0 Å². The summed E-state index contributed by atoms with van der Waals surface area (Å²) in [7, 11) is 1.29. The number of hydrogen-bond acceptors (Lipinski definition) is 3. The summed E-state index contributed by atoms with van der Waals surface area (Å²) in [5.74, 6) is -3.13. The highest BCUT2D eigenvalue weighted by Crippen LogP contribution is 2.20. The number of amides is 1. The smallest absolute Gasteiger partial charge is 0.326 e. The van der Waals surface area contributed by atoms with E-state index in [0.717, 1.165) is 0 Å². The lowest BCUT2D eigenvalue weighted by atomic mass is 10.0. The summed E-state index contributed by atoms with van der Waals surface area (Å²) in [5, 5.41) is 11.3. The van der Waals surface area contributed by atoms with Crippen molar-refractivity contribution in [3.8, 4) is 5.75 Å². The van der Waals surface area contributed by atoms with E-state index in [1.165, 1.54) is 25.3 Å². The predicted octanol–water partition coefficient (Wildman–Crippen LogP) is 1.67. The van der Waals surface area contributed by atoms with Crippen LogP contribution in [-0.4, -0.2) is 30.1 Å². The molecule has 1 aromatic carbocycles. The van der Waals surface area contributed by atoms with Crippen LogP contribution < -0.4 is 10.1 Å². The molecule has 1 atom stereocenters. The van der Waals surface area contributed by atoms with E-state index in [1.54, 1.807) is 13.8 Å². The van der Waals surface area contributed by atoms with Gasteiger partial charge in [0.05, 0.1) is 12.7 Å². The maximum Gasteiger partial charge on any atom is 0.326 e. The molecule has 1 aromatic rings. The highest BCUT2D eigenvalue weighted by Gasteiger charge is 2.25. The van der Waals surface area contributed by atoms with Gasteiger partial charge in [0.15, 0.2) is 11.6 Å². The number of carbonyl (C=O) groups excluding carboxylic acids is 1. The zero-order valence-electron chi connectivity index (χ0n) is 10.9. The van der Waals surface area contributed by atoms with Crippen LogP contribution >= 0.6 is 0 Å². The molecule has 2 N–H and O–H groups in total. The highest BCUT2D eigenvalue weighted by molar-refractivity contribution is 5.97. The molecule has 5 nitrogen and oxygen atoms in total. The van der Waals surface area contributed by atoms with Gasteiger partial charge in [-0.15, -0.1) is 0 Å². The number of benzene rings is 1. The van der Waals surface area contributed by atoms with Gasteiger partial charge in [0.1, 0.15) is 6.04 Å². The Morgan fingerprint density at radius 1 is 1.37 bits per heavy atom. The maximum absolute atomic E-state index is 13.8. The molecule has 1 amide bonds. The van der Waals surface area contributed by atoms with Gasteiger partial charge in [0, 0.05) is 0 Å². The number of carboxylic acid groups (broad SMARTS) is 1. The Morgan fingerprint density at radius 2 is 2.00 bits per heavy atom. The number of nitrogens with one attached hydrogen (secondary N) is 1. The Balaban J connectivity index is 2.98. The van der Waals surface area contributed by atoms with Crippen molar-refractivity contribution in [3.63, 3.8) is 0 Å². The van der Waals surface area contributed by atoms with Crippen molar-refractivity contribution in [2.75, 3.05) is 7.11 Å². The molecule has 19 heavy (non-hydrogen) atoms. The van der Waals surface area contributed by atoms with Gasteiger partial charge >= 0.3 is 5.97 Å². The molecule has 0 aliphatic rings. The number of aliphatic carboxylic acids is 1. The van der Waals surface area contributed by atoms with Gasteiger partial charge in [0.2, 0.25) is 0 Å². The van der Waals surface area contributed by atoms with Gasteiger partial charge in [-0.3, -0.25) is 4.79 Å². The van der Waals surface area contributed by atoms with Gasteiger partial charge < -0.3 is 15.2 Å². The first-order valence-electron chi connectivity index (χ1n) is 5.74. The predicted molar refractivity (Wildman–Crippen MR) is 66.7 cm³/mol. The van der Waals surface area contributed by atoms with E-state index in [4.69, 9.17) is 9.84 Å². The van der Waals surface area contributed by atoms with Crippen LogP contribution in [0.15, 0.2) is 18.2 Å². The van der Waals surface area contributed by atoms with Crippen LogP contribution in [0.2, 0.25) is 0 Å². The molecule has 0 aliphatic carbocycles. The van der Waals surface area contributed by atoms with E-state index in [9.17, 15) is 14.0 Å². The summed E-state index contributed by atoms with van der Waals surface area (Å²) in [5.41, 5.74) is -0.244. The number of hydrogen-bond donors (Lipinski definition) is 2. The summed E-state index contributed by atoms with van der Waals surface area (Å²) in [4.78, 5) is 22.9. The number of carbonyl (C=O) groups is 2. The fourth-order valence-electron chi connectivity index (χ4n) is 1.58. The molecule has 0 aromatic heterocycles. The minimum absolute atomic E-state index is 0.0657. The SMILES string of the molecule is COc1cccc(C(=O)N[C@@H](C(=O)O)C(C)C)c1F. The van der Waals surface area contributed by atoms with E-state index in [0.29, 0.717) is 0 Å². The average Bonchev–Trinajstić information content (AvgIpc) is 2.35. The third kappa shape index (κ3) is 3.43. The molecule has 0 bridgehead atoms. The van der Waals surface area contributed by atoms with E-state index in [1.807, 2.05) is 0 Å². The quantitative estimate of drug-likeness (QED) is 0.852. The van der Waals surface area contributed by atoms with Gasteiger partial charge in [-0.25, -0.2) is 9.18 Å². The Bertz CT molecular complexity index is 488. The number of ether oxygens (including phenoxy) is 1. The second-order valence-corrected chi connectivity index (χ2v) is 4.36. The van der Waals surface area contributed by atoms with Gasteiger partial charge in [0.25, 0.3) is 5.91 Å². The summed E-state index contributed by atoms with van der Waals surface area (Å²) in [6, 6.07) is 3.04. The van der Waals surface area contributed by atoms with Crippen molar-refractivity contribution in [1.29, 1.82) is 0 Å². The van der Waals surface area contributed by atoms with E-state index in [2.05, 4.69) is 5.32 Å². The molecular formula is C13H16FNO4. The molecule has 0 spiro atoms. The Kier molecular flexibility index (Phi) is 4.86. The molecule has 0 unspecified atom stereocenters. The number of halogens is 1. The third-order valence-corrected chi connectivity index (χ3v) is 2.65. The van der Waals surface area contributed by atoms with Crippen LogP contribution in [0.25, 0.3) is 0 Å². The van der Waals surface area contributed by atoms with Crippen LogP contribution in [-0.2, 0) is 4.79 Å². The minimum atomic E-state index is -1.16. The van der Waals surface area contributed by atoms with E-state index in [-0.39, 0.29) is 17.2 Å². The number of methoxy groups -OCH3 is 1. The Labute approximate surface area is 110 Å². The van der Waals surface area contributed by atoms with Crippen LogP contribution in [0, 0.1) is 11.7 Å². The van der Waals surface area contributed by atoms with Crippen molar-refractivity contribution in [2.24, 2.45) is 5.92 Å². The number of carboxylic acids is 1. The second-order valence-electron chi connectivity index (χ2n) is 4.36. The van der Waals surface area contributed by atoms with Gasteiger partial charge in [-0.05, 0) is 18.1 Å². The summed E-state index contributed by atoms with van der Waals surface area (Å²) < 4.78 is 18.6. The normalized spacial score (nSPS) is 12.1. The van der Waals surface area contributed by atoms with Crippen molar-refractivity contribution < 1.29 is 23.8 Å². The lowest BCUT2D eigenvalue weighted by molar-refractivity contribution is -0.140. The lowest BCUT2D eigenvalue weighted by Gasteiger charge is -2.18. The molecule has 0 aliphatic heterocycles. The highest BCUT2D eigenvalue weighted by atomic mass is 19.1. The monoisotopic (exact) mass is 269 g/mol. The Hall–Kier alpha value is -2.11. The molecule has 0 fully saturated rings. The van der Waals surface area contributed by atoms with E-state index < -0.39 is 23.7 Å². The maximum atomic E-state index is 13.8. The van der Waals surface area contributed by atoms with Crippen molar-refractivity contribution in [3.05, 3.63) is 29.6 Å². The van der Waals surface area contributed by atoms with Crippen LogP contribution in [0.1, 0.15) is 24.2 Å². The topological polar surface area (TPSA) is 75.6 Å². The van der Waals surface area contributed by atoms with Gasteiger partial charge in [-0.2, -0.15) is 0 Å². The molecule has 6 heteroatoms. The average molecular weight is 269 g/mol. The lowest BCUT2D eigenvalue weighted by Crippen LogP contribution is -2.44. The molecule has 0 radical (unpaired) electrons. The molecule has 104 valence electrons. The minimum Gasteiger partial charge on any atom is -0.494 e. The van der Waals surface area contributed by atoms with E-state index >= 15 is 0 Å².